The summed E-state index contributed by atoms with van der Waals surface area (Å²) in [5.41, 5.74) is 13.3. The molecule has 6 aliphatic rings. The predicted octanol–water partition coefficient (Wildman–Crippen LogP) is 16.5. The Balaban J connectivity index is 0.000000116. The number of hydrogen-bond acceptors (Lipinski definition) is 10. The van der Waals surface area contributed by atoms with E-state index in [4.69, 9.17) is 15.0 Å². The number of carbonyl (C=O) groups is 3. The van der Waals surface area contributed by atoms with Crippen LogP contribution >= 0.6 is 0 Å². The van der Waals surface area contributed by atoms with E-state index in [0.717, 1.165) is 192 Å². The maximum absolute atomic E-state index is 14.0. The van der Waals surface area contributed by atoms with Crippen molar-refractivity contribution in [2.75, 3.05) is 0 Å². The van der Waals surface area contributed by atoms with Gasteiger partial charge >= 0.3 is 0 Å². The third kappa shape index (κ3) is 13.9. The van der Waals surface area contributed by atoms with Gasteiger partial charge in [-0.3, -0.25) is 29.3 Å². The summed E-state index contributed by atoms with van der Waals surface area (Å²) in [7, 11) is 0. The molecule has 18 rings (SSSR count). The number of pyridine rings is 3. The molecule has 12 aromatic rings. The van der Waals surface area contributed by atoms with Crippen molar-refractivity contribution in [1.29, 1.82) is 0 Å². The highest BCUT2D eigenvalue weighted by molar-refractivity contribution is 5.99. The number of aromatic amines is 3. The maximum atomic E-state index is 14.0. The molecule has 504 valence electrons. The molecule has 6 aliphatic carbocycles. The molecule has 0 bridgehead atoms. The lowest BCUT2D eigenvalue weighted by Gasteiger charge is -2.31. The van der Waals surface area contributed by atoms with Crippen molar-refractivity contribution >= 4 is 83.5 Å². The average Bonchev–Trinajstić information content (AvgIpc) is 1.60. The number of rotatable bonds is 12. The second-order valence-corrected chi connectivity index (χ2v) is 28.6. The number of fused-ring (bicyclic) bond motifs is 6. The Bertz CT molecular complexity index is 5040. The predicted molar refractivity (Wildman–Crippen MR) is 377 cm³/mol. The molecule has 0 radical (unpaired) electrons. The molecule has 0 aliphatic heterocycles. The number of amides is 3. The molecule has 6 fully saturated rings. The van der Waals surface area contributed by atoms with Gasteiger partial charge in [-0.05, 0) is 265 Å². The van der Waals surface area contributed by atoms with E-state index in [1.165, 1.54) is 35.7 Å². The van der Waals surface area contributed by atoms with Crippen molar-refractivity contribution in [3.8, 4) is 0 Å². The number of aliphatic hydroxyl groups is 1. The lowest BCUT2D eigenvalue weighted by atomic mass is 9.77. The first-order valence-electron chi connectivity index (χ1n) is 35.5. The van der Waals surface area contributed by atoms with Gasteiger partial charge in [0.25, 0.3) is 17.7 Å². The third-order valence-corrected chi connectivity index (χ3v) is 21.8. The van der Waals surface area contributed by atoms with E-state index in [2.05, 4.69) is 45.9 Å². The van der Waals surface area contributed by atoms with E-state index < -0.39 is 0 Å². The molecule has 6 unspecified atom stereocenters. The molecule has 0 saturated heterocycles. The SMILES string of the molecule is O=C(NC1CC(O)C1)c1ccc2nc(C3CCCC(c4ccnc5ccc(F)cc45)C3)[nH]c2c1.O=C(NC1CC1)c1ccc2nc(C3CCCC(c4ccnc5ccc(F)cc45)C3)[nH]c2c1.O=C(NC1CCC1)c1ccc2nc(C3CCCC(c4ccnc5ccc(F)cc45)C3)[nH]c2c1. The Hall–Kier alpha value is -9.88. The van der Waals surface area contributed by atoms with Gasteiger partial charge in [0, 0.05) is 87.3 Å². The van der Waals surface area contributed by atoms with Crippen LogP contribution in [0.2, 0.25) is 0 Å². The molecule has 6 heterocycles. The van der Waals surface area contributed by atoms with Gasteiger partial charge in [-0.15, -0.1) is 0 Å². The van der Waals surface area contributed by atoms with Crippen LogP contribution in [0, 0.1) is 17.5 Å². The van der Waals surface area contributed by atoms with Crippen LogP contribution in [0.5, 0.6) is 0 Å². The quantitative estimate of drug-likeness (QED) is 0.0611. The molecule has 6 saturated carbocycles. The van der Waals surface area contributed by atoms with E-state index in [1.54, 1.807) is 42.5 Å². The van der Waals surface area contributed by atoms with Crippen molar-refractivity contribution < 1.29 is 32.7 Å². The van der Waals surface area contributed by atoms with E-state index >= 15 is 0 Å². The summed E-state index contributed by atoms with van der Waals surface area (Å²) in [5.74, 6) is 3.97. The van der Waals surface area contributed by atoms with Crippen molar-refractivity contribution in [2.45, 2.75) is 182 Å². The molecule has 3 amide bonds. The van der Waals surface area contributed by atoms with Gasteiger partial charge < -0.3 is 36.0 Å². The Morgan fingerprint density at radius 1 is 0.354 bits per heavy atom. The maximum Gasteiger partial charge on any atom is 0.251 e. The van der Waals surface area contributed by atoms with E-state index in [-0.39, 0.29) is 53.2 Å². The van der Waals surface area contributed by atoms with Crippen LogP contribution in [0.4, 0.5) is 13.2 Å². The topological polar surface area (TPSA) is 232 Å². The van der Waals surface area contributed by atoms with Gasteiger partial charge in [-0.2, -0.15) is 0 Å². The third-order valence-electron chi connectivity index (χ3n) is 21.8. The summed E-state index contributed by atoms with van der Waals surface area (Å²) in [4.78, 5) is 75.8. The van der Waals surface area contributed by atoms with Gasteiger partial charge in [0.05, 0.1) is 55.8 Å². The number of halogens is 3. The molecule has 99 heavy (non-hydrogen) atoms. The highest BCUT2D eigenvalue weighted by Crippen LogP contribution is 2.46. The molecular weight excluding hydrogens is 1250 g/mol. The number of H-pyrrole nitrogens is 3. The van der Waals surface area contributed by atoms with Crippen molar-refractivity contribution in [3.63, 3.8) is 0 Å². The van der Waals surface area contributed by atoms with Crippen LogP contribution in [0.1, 0.15) is 223 Å². The summed E-state index contributed by atoms with van der Waals surface area (Å²) < 4.78 is 41.9. The zero-order valence-electron chi connectivity index (χ0n) is 55.1. The lowest BCUT2D eigenvalue weighted by Crippen LogP contribution is -2.46. The molecule has 16 nitrogen and oxygen atoms in total. The molecule has 6 aromatic heterocycles. The Morgan fingerprint density at radius 2 is 0.667 bits per heavy atom. The Labute approximate surface area is 570 Å². The second-order valence-electron chi connectivity index (χ2n) is 28.6. The number of benzene rings is 6. The zero-order valence-corrected chi connectivity index (χ0v) is 55.1. The fourth-order valence-corrected chi connectivity index (χ4v) is 16.0. The van der Waals surface area contributed by atoms with Crippen LogP contribution in [0.15, 0.2) is 146 Å². The Kier molecular flexibility index (Phi) is 17.7. The monoisotopic (exact) mass is 1330 g/mol. The van der Waals surface area contributed by atoms with E-state index in [1.807, 2.05) is 85.3 Å². The van der Waals surface area contributed by atoms with Crippen LogP contribution in [0.3, 0.4) is 0 Å². The summed E-state index contributed by atoms with van der Waals surface area (Å²) in [5, 5.41) is 21.3. The van der Waals surface area contributed by atoms with Gasteiger partial charge in [0.15, 0.2) is 0 Å². The average molecular weight is 1330 g/mol. The first-order valence-corrected chi connectivity index (χ1v) is 35.5. The lowest BCUT2D eigenvalue weighted by molar-refractivity contribution is 0.0562. The fraction of sp³-hybridized carbons (Fsp3) is 0.362. The van der Waals surface area contributed by atoms with Crippen molar-refractivity contribution in [1.82, 2.24) is 60.8 Å². The fourth-order valence-electron chi connectivity index (χ4n) is 16.0. The number of aliphatic hydroxyl groups excluding tert-OH is 1. The first kappa shape index (κ1) is 63.8. The first-order chi connectivity index (χ1) is 48.3. The van der Waals surface area contributed by atoms with Gasteiger partial charge in [-0.1, -0.05) is 19.3 Å². The minimum atomic E-state index is -0.300. The normalized spacial score (nSPS) is 22.4. The van der Waals surface area contributed by atoms with Gasteiger partial charge in [0.1, 0.15) is 34.9 Å². The number of aromatic nitrogens is 9. The minimum absolute atomic E-state index is 0.00715. The van der Waals surface area contributed by atoms with Crippen LogP contribution in [-0.4, -0.2) is 91.9 Å². The number of carbonyl (C=O) groups excluding carboxylic acids is 3. The number of nitrogens with one attached hydrogen (secondary N) is 6. The summed E-state index contributed by atoms with van der Waals surface area (Å²) in [6, 6.07) is 38.2. The van der Waals surface area contributed by atoms with Crippen LogP contribution in [-0.2, 0) is 0 Å². The number of imidazole rings is 3. The minimum Gasteiger partial charge on any atom is -0.393 e. The molecule has 6 atom stereocenters. The van der Waals surface area contributed by atoms with E-state index in [0.29, 0.717) is 71.2 Å². The standard InChI is InChI=1S/C27H27FN4O2.C27H27FN4O.C26H25FN4O/c28-18-5-7-23-22(12-18)21(8-9-29-23)15-2-1-3-16(10-15)26-31-24-6-4-17(11-25(24)32-26)27(34)30-19-13-20(33)14-19;28-19-8-10-23-22(15-19)21(11-12-29-23)16-3-1-4-17(13-16)26-31-24-9-7-18(14-25(24)32-26)27(33)30-20-5-2-6-20;27-18-5-9-22-21(14-18)20(10-11-28-22)15-2-1-3-16(12-15)25-30-23-8-4-17(13-24(23)31-25)26(32)29-19-6-7-19/h4-9,11-12,15-16,19-20,33H,1-3,10,13-14H2,(H,30,34)(H,31,32);7-12,14-17,20H,1-6,13H2,(H,30,33)(H,31,32);4-5,8-11,13-16,19H,1-3,6-7,12H2,(H,29,32)(H,30,31). The second kappa shape index (κ2) is 27.4. The van der Waals surface area contributed by atoms with Crippen LogP contribution < -0.4 is 16.0 Å². The highest BCUT2D eigenvalue weighted by atomic mass is 19.1. The summed E-state index contributed by atoms with van der Waals surface area (Å²) in [6.07, 6.45) is 24.4. The molecule has 7 N–H and O–H groups in total. The molecule has 0 spiro atoms. The van der Waals surface area contributed by atoms with Crippen molar-refractivity contribution in [3.05, 3.63) is 214 Å². The van der Waals surface area contributed by atoms with Crippen molar-refractivity contribution in [2.24, 2.45) is 0 Å². The largest absolute Gasteiger partial charge is 0.393 e. The smallest absolute Gasteiger partial charge is 0.251 e. The van der Waals surface area contributed by atoms with Gasteiger partial charge in [-0.25, -0.2) is 28.1 Å². The molecule has 19 heteroatoms. The number of hydrogen-bond donors (Lipinski definition) is 7. The summed E-state index contributed by atoms with van der Waals surface area (Å²) >= 11 is 0. The Morgan fingerprint density at radius 3 is 0.990 bits per heavy atom. The zero-order chi connectivity index (χ0) is 67.3. The molecule has 6 aromatic carbocycles. The van der Waals surface area contributed by atoms with Gasteiger partial charge in [0.2, 0.25) is 0 Å². The van der Waals surface area contributed by atoms with Crippen LogP contribution in [0.25, 0.3) is 65.8 Å². The highest BCUT2D eigenvalue weighted by Gasteiger charge is 2.33. The summed E-state index contributed by atoms with van der Waals surface area (Å²) in [6.45, 7) is 0. The van der Waals surface area contributed by atoms with E-state index in [9.17, 15) is 32.7 Å². The molecular formula is C80H79F3N12O4. The number of nitrogens with zero attached hydrogens (tertiary/aromatic N) is 6.